The zero-order valence-corrected chi connectivity index (χ0v) is 17.2. The summed E-state index contributed by atoms with van der Waals surface area (Å²) in [5.74, 6) is 0.685. The first kappa shape index (κ1) is 19.9. The molecule has 0 fully saturated rings. The highest BCUT2D eigenvalue weighted by molar-refractivity contribution is 7.89. The van der Waals surface area contributed by atoms with Gasteiger partial charge in [-0.25, -0.2) is 12.7 Å². The highest BCUT2D eigenvalue weighted by atomic mass is 32.2. The summed E-state index contributed by atoms with van der Waals surface area (Å²) >= 11 is 0. The molecule has 1 unspecified atom stereocenters. The van der Waals surface area contributed by atoms with Gasteiger partial charge < -0.3 is 14.6 Å². The number of sulfonamides is 1. The molecule has 1 aliphatic rings. The van der Waals surface area contributed by atoms with E-state index < -0.39 is 16.3 Å². The lowest BCUT2D eigenvalue weighted by Crippen LogP contribution is -2.33. The van der Waals surface area contributed by atoms with Crippen LogP contribution in [0.15, 0.2) is 78.0 Å². The van der Waals surface area contributed by atoms with Gasteiger partial charge in [-0.1, -0.05) is 30.3 Å². The number of aliphatic hydroxyl groups is 1. The molecule has 0 aliphatic carbocycles. The summed E-state index contributed by atoms with van der Waals surface area (Å²) in [5.41, 5.74) is 2.40. The Morgan fingerprint density at radius 2 is 1.70 bits per heavy atom. The standard InChI is InChI=1S/C22H20N2O5S/c1-28-20-11-10-15(13-21(20)29-2)30(26,27)24-14-18(19-9-5-6-12-23-19)16-7-3-4-8-17(16)22(24)25/h3-14,22,25H,1-2H3. The topological polar surface area (TPSA) is 89.0 Å². The van der Waals surface area contributed by atoms with Gasteiger partial charge in [-0.2, -0.15) is 0 Å². The lowest BCUT2D eigenvalue weighted by atomic mass is 9.94. The van der Waals surface area contributed by atoms with E-state index in [-0.39, 0.29) is 10.6 Å². The predicted molar refractivity (Wildman–Crippen MR) is 111 cm³/mol. The number of ether oxygens (including phenoxy) is 2. The van der Waals surface area contributed by atoms with E-state index in [1.54, 1.807) is 30.5 Å². The highest BCUT2D eigenvalue weighted by Gasteiger charge is 2.35. The van der Waals surface area contributed by atoms with Gasteiger partial charge in [0.1, 0.15) is 0 Å². The molecule has 0 saturated heterocycles. The fourth-order valence-electron chi connectivity index (χ4n) is 3.40. The predicted octanol–water partition coefficient (Wildman–Crippen LogP) is 3.18. The molecule has 0 saturated carbocycles. The van der Waals surface area contributed by atoms with E-state index in [1.807, 2.05) is 18.2 Å². The Hall–Kier alpha value is -3.36. The Kier molecular flexibility index (Phi) is 5.19. The third-order valence-electron chi connectivity index (χ3n) is 4.90. The van der Waals surface area contributed by atoms with Crippen molar-refractivity contribution in [2.24, 2.45) is 0 Å². The average molecular weight is 424 g/mol. The third-order valence-corrected chi connectivity index (χ3v) is 6.61. The number of aromatic nitrogens is 1. The lowest BCUT2D eigenvalue weighted by Gasteiger charge is -2.33. The molecule has 0 bridgehead atoms. The van der Waals surface area contributed by atoms with Crippen molar-refractivity contribution in [3.63, 3.8) is 0 Å². The molecule has 4 rings (SSSR count). The van der Waals surface area contributed by atoms with E-state index in [1.165, 1.54) is 38.6 Å². The van der Waals surface area contributed by atoms with E-state index in [2.05, 4.69) is 4.98 Å². The third kappa shape index (κ3) is 3.30. The molecule has 1 aromatic heterocycles. The van der Waals surface area contributed by atoms with Crippen LogP contribution in [0, 0.1) is 0 Å². The molecule has 30 heavy (non-hydrogen) atoms. The normalized spacial score (nSPS) is 15.9. The monoisotopic (exact) mass is 424 g/mol. The second-order valence-corrected chi connectivity index (χ2v) is 8.41. The van der Waals surface area contributed by atoms with Crippen LogP contribution < -0.4 is 9.47 Å². The fourth-order valence-corrected chi connectivity index (χ4v) is 4.76. The van der Waals surface area contributed by atoms with Crippen LogP contribution in [0.5, 0.6) is 11.5 Å². The molecule has 0 amide bonds. The van der Waals surface area contributed by atoms with E-state index >= 15 is 0 Å². The van der Waals surface area contributed by atoms with Crippen molar-refractivity contribution in [3.05, 3.63) is 89.9 Å². The van der Waals surface area contributed by atoms with Gasteiger partial charge >= 0.3 is 0 Å². The maximum atomic E-state index is 13.5. The summed E-state index contributed by atoms with van der Waals surface area (Å²) in [5, 5.41) is 10.9. The van der Waals surface area contributed by atoms with Crippen molar-refractivity contribution in [3.8, 4) is 11.5 Å². The largest absolute Gasteiger partial charge is 0.493 e. The van der Waals surface area contributed by atoms with Gasteiger partial charge in [-0.05, 0) is 29.8 Å². The summed E-state index contributed by atoms with van der Waals surface area (Å²) < 4.78 is 38.3. The number of methoxy groups -OCH3 is 2. The molecule has 0 radical (unpaired) electrons. The highest BCUT2D eigenvalue weighted by Crippen LogP contribution is 2.40. The van der Waals surface area contributed by atoms with Crippen LogP contribution in [-0.4, -0.2) is 37.0 Å². The molecule has 154 valence electrons. The van der Waals surface area contributed by atoms with Gasteiger partial charge in [0.2, 0.25) is 0 Å². The second kappa shape index (κ2) is 7.81. The number of hydrogen-bond acceptors (Lipinski definition) is 6. The number of fused-ring (bicyclic) bond motifs is 1. The molecule has 2 heterocycles. The average Bonchev–Trinajstić information content (AvgIpc) is 2.79. The zero-order chi connectivity index (χ0) is 21.3. The number of rotatable bonds is 5. The molecule has 1 N–H and O–H groups in total. The molecule has 8 heteroatoms. The Morgan fingerprint density at radius 3 is 2.40 bits per heavy atom. The Morgan fingerprint density at radius 1 is 0.967 bits per heavy atom. The van der Waals surface area contributed by atoms with Crippen LogP contribution in [-0.2, 0) is 10.0 Å². The quantitative estimate of drug-likeness (QED) is 0.677. The smallest absolute Gasteiger partial charge is 0.266 e. The minimum Gasteiger partial charge on any atom is -0.493 e. The summed E-state index contributed by atoms with van der Waals surface area (Å²) in [6, 6.07) is 16.8. The second-order valence-electron chi connectivity index (χ2n) is 6.57. The van der Waals surface area contributed by atoms with Crippen LogP contribution in [0.4, 0.5) is 0 Å². The van der Waals surface area contributed by atoms with Crippen molar-refractivity contribution in [1.29, 1.82) is 0 Å². The van der Waals surface area contributed by atoms with Crippen molar-refractivity contribution in [2.75, 3.05) is 14.2 Å². The first-order chi connectivity index (χ1) is 14.5. The van der Waals surface area contributed by atoms with E-state index in [0.29, 0.717) is 22.6 Å². The Bertz CT molecular complexity index is 1210. The lowest BCUT2D eigenvalue weighted by molar-refractivity contribution is 0.0881. The van der Waals surface area contributed by atoms with Crippen LogP contribution in [0.1, 0.15) is 23.0 Å². The number of hydrogen-bond donors (Lipinski definition) is 1. The number of pyridine rings is 1. The van der Waals surface area contributed by atoms with Gasteiger partial charge in [0.25, 0.3) is 10.0 Å². The number of aliphatic hydroxyl groups excluding tert-OH is 1. The first-order valence-corrected chi connectivity index (χ1v) is 10.6. The molecule has 2 aromatic carbocycles. The molecule has 0 spiro atoms. The van der Waals surface area contributed by atoms with Gasteiger partial charge in [0.15, 0.2) is 17.7 Å². The molecule has 7 nitrogen and oxygen atoms in total. The maximum absolute atomic E-state index is 13.5. The van der Waals surface area contributed by atoms with Crippen LogP contribution in [0.3, 0.4) is 0 Å². The van der Waals surface area contributed by atoms with Crippen molar-refractivity contribution >= 4 is 15.6 Å². The summed E-state index contributed by atoms with van der Waals surface area (Å²) in [4.78, 5) is 4.33. The minimum absolute atomic E-state index is 0.0322. The number of nitrogens with zero attached hydrogens (tertiary/aromatic N) is 2. The van der Waals surface area contributed by atoms with Crippen LogP contribution >= 0.6 is 0 Å². The molecule has 1 atom stereocenters. The molecule has 1 aliphatic heterocycles. The molecular weight excluding hydrogens is 404 g/mol. The first-order valence-electron chi connectivity index (χ1n) is 9.13. The zero-order valence-electron chi connectivity index (χ0n) is 16.4. The molecule has 3 aromatic rings. The molecular formula is C22H20N2O5S. The SMILES string of the molecule is COc1ccc(S(=O)(=O)N2C=C(c3ccccn3)c3ccccc3C2O)cc1OC. The Balaban J connectivity index is 1.88. The fraction of sp³-hybridized carbons (Fsp3) is 0.136. The van der Waals surface area contributed by atoms with Gasteiger partial charge in [-0.15, -0.1) is 0 Å². The van der Waals surface area contributed by atoms with Crippen molar-refractivity contribution in [2.45, 2.75) is 11.1 Å². The summed E-state index contributed by atoms with van der Waals surface area (Å²) in [6.07, 6.45) is 1.67. The van der Waals surface area contributed by atoms with E-state index in [9.17, 15) is 13.5 Å². The summed E-state index contributed by atoms with van der Waals surface area (Å²) in [7, 11) is -1.21. The minimum atomic E-state index is -4.11. The summed E-state index contributed by atoms with van der Waals surface area (Å²) in [6.45, 7) is 0. The van der Waals surface area contributed by atoms with Crippen LogP contribution in [0.25, 0.3) is 5.57 Å². The van der Waals surface area contributed by atoms with Gasteiger partial charge in [0.05, 0.1) is 24.8 Å². The van der Waals surface area contributed by atoms with E-state index in [4.69, 9.17) is 9.47 Å². The van der Waals surface area contributed by atoms with Crippen LogP contribution in [0.2, 0.25) is 0 Å². The maximum Gasteiger partial charge on any atom is 0.266 e. The van der Waals surface area contributed by atoms with Gasteiger partial charge in [-0.3, -0.25) is 4.98 Å². The van der Waals surface area contributed by atoms with Crippen molar-refractivity contribution < 1.29 is 23.0 Å². The Labute approximate surface area is 174 Å². The number of benzene rings is 2. The van der Waals surface area contributed by atoms with Gasteiger partial charge in [0, 0.05) is 29.6 Å². The van der Waals surface area contributed by atoms with Crippen molar-refractivity contribution in [1.82, 2.24) is 9.29 Å². The van der Waals surface area contributed by atoms with E-state index in [0.717, 1.165) is 9.87 Å².